The standard InChI is InChI=1S/C22H18BN6/c1-7-24-8-2-17(1)19-5-11-26-21(15-19)28-13-14-29(23-28)22-16-20(6-12-27-22)18-3-9-25-10-4-18/h1-12,15-16H,13-14H2. The maximum absolute atomic E-state index is 4.57. The topological polar surface area (TPSA) is 58.0 Å². The van der Waals surface area contributed by atoms with Crippen molar-refractivity contribution in [2.75, 3.05) is 22.7 Å². The molecule has 0 spiro atoms. The predicted molar refractivity (Wildman–Crippen MR) is 115 cm³/mol. The third-order valence-corrected chi connectivity index (χ3v) is 4.97. The highest BCUT2D eigenvalue weighted by Crippen LogP contribution is 2.26. The summed E-state index contributed by atoms with van der Waals surface area (Å²) in [4.78, 5) is 21.6. The summed E-state index contributed by atoms with van der Waals surface area (Å²) in [5, 5.41) is 0. The Hall–Kier alpha value is -3.74. The quantitative estimate of drug-likeness (QED) is 0.508. The Morgan fingerprint density at radius 3 is 1.41 bits per heavy atom. The molecule has 0 bridgehead atoms. The molecular formula is C22H18BN6. The first-order valence-corrected chi connectivity index (χ1v) is 9.48. The largest absolute Gasteiger partial charge is 0.394 e. The molecule has 5 heterocycles. The van der Waals surface area contributed by atoms with Gasteiger partial charge in [0.1, 0.15) is 11.6 Å². The first kappa shape index (κ1) is 17.4. The first-order chi connectivity index (χ1) is 14.4. The summed E-state index contributed by atoms with van der Waals surface area (Å²) in [5.41, 5.74) is 4.52. The molecule has 139 valence electrons. The second-order valence-electron chi connectivity index (χ2n) is 6.78. The Balaban J connectivity index is 1.36. The maximum Gasteiger partial charge on any atom is 0.394 e. The summed E-state index contributed by atoms with van der Waals surface area (Å²) in [6, 6.07) is 16.3. The molecule has 0 saturated carbocycles. The van der Waals surface area contributed by atoms with Crippen molar-refractivity contribution < 1.29 is 0 Å². The van der Waals surface area contributed by atoms with E-state index in [1.807, 2.05) is 48.8 Å². The fourth-order valence-corrected chi connectivity index (χ4v) is 3.45. The lowest BCUT2D eigenvalue weighted by Gasteiger charge is -2.18. The first-order valence-electron chi connectivity index (χ1n) is 9.48. The number of anilines is 2. The minimum Gasteiger partial charge on any atom is -0.382 e. The molecule has 0 aliphatic carbocycles. The van der Waals surface area contributed by atoms with E-state index in [0.717, 1.165) is 47.0 Å². The summed E-state index contributed by atoms with van der Waals surface area (Å²) < 4.78 is 0. The van der Waals surface area contributed by atoms with Crippen LogP contribution >= 0.6 is 0 Å². The molecule has 6 nitrogen and oxygen atoms in total. The van der Waals surface area contributed by atoms with Gasteiger partial charge in [-0.2, -0.15) is 0 Å². The minimum absolute atomic E-state index is 0.855. The van der Waals surface area contributed by atoms with Crippen molar-refractivity contribution in [3.63, 3.8) is 0 Å². The van der Waals surface area contributed by atoms with E-state index in [0.29, 0.717) is 0 Å². The Kier molecular flexibility index (Phi) is 4.62. The van der Waals surface area contributed by atoms with Crippen molar-refractivity contribution in [2.45, 2.75) is 0 Å². The van der Waals surface area contributed by atoms with Gasteiger partial charge in [0.2, 0.25) is 0 Å². The number of hydrogen-bond acceptors (Lipinski definition) is 6. The van der Waals surface area contributed by atoms with E-state index in [-0.39, 0.29) is 0 Å². The van der Waals surface area contributed by atoms with Gasteiger partial charge >= 0.3 is 7.55 Å². The Morgan fingerprint density at radius 2 is 0.966 bits per heavy atom. The van der Waals surface area contributed by atoms with Gasteiger partial charge in [0, 0.05) is 50.3 Å². The Labute approximate surface area is 170 Å². The second-order valence-corrected chi connectivity index (χ2v) is 6.78. The smallest absolute Gasteiger partial charge is 0.382 e. The molecule has 0 N–H and O–H groups in total. The van der Waals surface area contributed by atoms with Gasteiger partial charge in [-0.3, -0.25) is 9.97 Å². The van der Waals surface area contributed by atoms with Crippen LogP contribution in [0.5, 0.6) is 0 Å². The summed E-state index contributed by atoms with van der Waals surface area (Å²) in [5.74, 6) is 1.85. The zero-order valence-electron chi connectivity index (χ0n) is 15.8. The van der Waals surface area contributed by atoms with E-state index in [4.69, 9.17) is 0 Å². The van der Waals surface area contributed by atoms with Crippen LogP contribution in [-0.4, -0.2) is 40.6 Å². The van der Waals surface area contributed by atoms with Gasteiger partial charge < -0.3 is 9.62 Å². The molecular weight excluding hydrogens is 359 g/mol. The molecule has 1 saturated heterocycles. The molecule has 29 heavy (non-hydrogen) atoms. The van der Waals surface area contributed by atoms with Crippen LogP contribution in [0.2, 0.25) is 0 Å². The average molecular weight is 377 g/mol. The molecule has 4 aromatic heterocycles. The maximum atomic E-state index is 4.57. The molecule has 0 aromatic carbocycles. The van der Waals surface area contributed by atoms with E-state index in [1.165, 1.54) is 0 Å². The number of rotatable bonds is 4. The van der Waals surface area contributed by atoms with Gasteiger partial charge in [0.15, 0.2) is 0 Å². The molecule has 4 aromatic rings. The van der Waals surface area contributed by atoms with Crippen LogP contribution in [0.15, 0.2) is 85.7 Å². The fourth-order valence-electron chi connectivity index (χ4n) is 3.45. The number of aromatic nitrogens is 4. The van der Waals surface area contributed by atoms with Crippen molar-refractivity contribution in [3.8, 4) is 22.3 Å². The average Bonchev–Trinajstić information content (AvgIpc) is 3.31. The highest BCUT2D eigenvalue weighted by Gasteiger charge is 2.25. The van der Waals surface area contributed by atoms with Gasteiger partial charge in [-0.25, -0.2) is 9.97 Å². The lowest BCUT2D eigenvalue weighted by atomic mass is 10.0. The lowest BCUT2D eigenvalue weighted by molar-refractivity contribution is 0.994. The number of nitrogens with zero attached hydrogens (tertiary/aromatic N) is 6. The molecule has 0 amide bonds. The molecule has 1 radical (unpaired) electrons. The summed E-state index contributed by atoms with van der Waals surface area (Å²) in [7, 11) is 2.08. The highest BCUT2D eigenvalue weighted by molar-refractivity contribution is 6.48. The normalized spacial score (nSPS) is 13.4. The van der Waals surface area contributed by atoms with Crippen LogP contribution in [-0.2, 0) is 0 Å². The second kappa shape index (κ2) is 7.71. The number of pyridine rings is 4. The van der Waals surface area contributed by atoms with Crippen molar-refractivity contribution in [1.82, 2.24) is 19.9 Å². The van der Waals surface area contributed by atoms with Gasteiger partial charge in [0.25, 0.3) is 0 Å². The van der Waals surface area contributed by atoms with E-state index >= 15 is 0 Å². The van der Waals surface area contributed by atoms with Gasteiger partial charge in [-0.15, -0.1) is 0 Å². The van der Waals surface area contributed by atoms with E-state index in [1.54, 1.807) is 24.8 Å². The van der Waals surface area contributed by atoms with Crippen LogP contribution in [0.4, 0.5) is 11.6 Å². The molecule has 0 atom stereocenters. The molecule has 1 aliphatic heterocycles. The summed E-state index contributed by atoms with van der Waals surface area (Å²) in [6.07, 6.45) is 10.9. The van der Waals surface area contributed by atoms with Gasteiger partial charge in [-0.05, 0) is 70.8 Å². The van der Waals surface area contributed by atoms with E-state index in [9.17, 15) is 0 Å². The number of hydrogen-bond donors (Lipinski definition) is 0. The molecule has 1 fully saturated rings. The van der Waals surface area contributed by atoms with Gasteiger partial charge in [0.05, 0.1) is 0 Å². The monoisotopic (exact) mass is 377 g/mol. The minimum atomic E-state index is 0.855. The van der Waals surface area contributed by atoms with Crippen molar-refractivity contribution in [2.24, 2.45) is 0 Å². The molecule has 0 unspecified atom stereocenters. The third-order valence-electron chi connectivity index (χ3n) is 4.97. The van der Waals surface area contributed by atoms with Crippen LogP contribution in [0.25, 0.3) is 22.3 Å². The van der Waals surface area contributed by atoms with E-state index in [2.05, 4.69) is 49.2 Å². The highest BCUT2D eigenvalue weighted by atomic mass is 15.3. The van der Waals surface area contributed by atoms with Crippen LogP contribution in [0, 0.1) is 0 Å². The predicted octanol–water partition coefficient (Wildman–Crippen LogP) is 3.46. The van der Waals surface area contributed by atoms with Gasteiger partial charge in [-0.1, -0.05) is 0 Å². The zero-order chi connectivity index (χ0) is 19.5. The third kappa shape index (κ3) is 3.67. The summed E-state index contributed by atoms with van der Waals surface area (Å²) in [6.45, 7) is 1.71. The van der Waals surface area contributed by atoms with Crippen LogP contribution in [0.3, 0.4) is 0 Å². The van der Waals surface area contributed by atoms with Crippen molar-refractivity contribution in [3.05, 3.63) is 85.7 Å². The zero-order valence-corrected chi connectivity index (χ0v) is 15.8. The lowest BCUT2D eigenvalue weighted by Crippen LogP contribution is -2.30. The van der Waals surface area contributed by atoms with Crippen molar-refractivity contribution >= 4 is 19.2 Å². The Morgan fingerprint density at radius 1 is 0.552 bits per heavy atom. The molecule has 5 rings (SSSR count). The molecule has 7 heteroatoms. The van der Waals surface area contributed by atoms with E-state index < -0.39 is 0 Å². The van der Waals surface area contributed by atoms with Crippen LogP contribution < -0.4 is 9.62 Å². The SMILES string of the molecule is [B]1N(c2cc(-c3ccncc3)ccn2)CCN1c1cc(-c2ccncc2)ccn1. The fraction of sp³-hybridized carbons (Fsp3) is 0.0909. The van der Waals surface area contributed by atoms with Crippen molar-refractivity contribution in [1.29, 1.82) is 0 Å². The summed E-state index contributed by atoms with van der Waals surface area (Å²) >= 11 is 0. The Bertz CT molecular complexity index is 1020. The molecule has 1 aliphatic rings. The van der Waals surface area contributed by atoms with Crippen LogP contribution in [0.1, 0.15) is 0 Å².